The molecule has 1 atom stereocenters. The lowest BCUT2D eigenvalue weighted by Crippen LogP contribution is -2.50. The molecule has 2 fully saturated rings. The van der Waals surface area contributed by atoms with E-state index in [2.05, 4.69) is 10.2 Å². The fourth-order valence-electron chi connectivity index (χ4n) is 3.83. The summed E-state index contributed by atoms with van der Waals surface area (Å²) in [6.45, 7) is 3.70. The van der Waals surface area contributed by atoms with E-state index in [0.29, 0.717) is 17.5 Å². The molecule has 0 radical (unpaired) electrons. The third-order valence-electron chi connectivity index (χ3n) is 5.28. The molecule has 2 saturated heterocycles. The zero-order valence-electron chi connectivity index (χ0n) is 15.8. The average molecular weight is 396 g/mol. The summed E-state index contributed by atoms with van der Waals surface area (Å²) >= 11 is 6.27. The van der Waals surface area contributed by atoms with Crippen LogP contribution in [-0.2, 0) is 4.74 Å². The van der Waals surface area contributed by atoms with Gasteiger partial charge < -0.3 is 19.7 Å². The second-order valence-electron chi connectivity index (χ2n) is 6.94. The first kappa shape index (κ1) is 19.8. The number of carbonyl (C=O) groups is 2. The molecular weight excluding hydrogens is 370 g/mol. The van der Waals surface area contributed by atoms with E-state index in [1.54, 1.807) is 6.07 Å². The highest BCUT2D eigenvalue weighted by molar-refractivity contribution is 6.34. The van der Waals surface area contributed by atoms with E-state index in [0.717, 1.165) is 39.0 Å². The minimum absolute atomic E-state index is 0.186. The molecule has 2 aliphatic rings. The fraction of sp³-hybridized carbons (Fsp3) is 0.579. The Balaban J connectivity index is 1.70. The number of nitrogens with one attached hydrogen (secondary N) is 1. The van der Waals surface area contributed by atoms with Crippen molar-refractivity contribution in [2.24, 2.45) is 0 Å². The minimum Gasteiger partial charge on any atom is -0.496 e. The zero-order valence-corrected chi connectivity index (χ0v) is 16.6. The molecule has 8 heteroatoms. The zero-order chi connectivity index (χ0) is 19.4. The number of carbonyl (C=O) groups excluding carboxylic acids is 2. The molecule has 1 aromatic carbocycles. The molecule has 0 unspecified atom stereocenters. The maximum absolute atomic E-state index is 12.8. The van der Waals surface area contributed by atoms with Crippen LogP contribution in [0.2, 0.25) is 5.02 Å². The molecule has 1 aromatic rings. The first-order valence-electron chi connectivity index (χ1n) is 9.29. The molecule has 2 aliphatic heterocycles. The number of piperidine rings is 1. The van der Waals surface area contributed by atoms with Crippen molar-refractivity contribution in [1.29, 1.82) is 0 Å². The van der Waals surface area contributed by atoms with Gasteiger partial charge in [0, 0.05) is 25.2 Å². The lowest BCUT2D eigenvalue weighted by atomic mass is 10.0. The lowest BCUT2D eigenvalue weighted by Gasteiger charge is -2.37. The lowest BCUT2D eigenvalue weighted by molar-refractivity contribution is 0.0597. The predicted octanol–water partition coefficient (Wildman–Crippen LogP) is 3.23. The number of rotatable bonds is 4. The Kier molecular flexibility index (Phi) is 6.44. The number of halogens is 1. The van der Waals surface area contributed by atoms with E-state index >= 15 is 0 Å². The van der Waals surface area contributed by atoms with Crippen LogP contribution in [0.1, 0.15) is 36.0 Å². The molecule has 3 rings (SSSR count). The first-order valence-corrected chi connectivity index (χ1v) is 9.67. The number of benzene rings is 1. The van der Waals surface area contributed by atoms with Gasteiger partial charge in [-0.25, -0.2) is 9.59 Å². The second-order valence-corrected chi connectivity index (χ2v) is 7.35. The maximum Gasteiger partial charge on any atom is 0.341 e. The summed E-state index contributed by atoms with van der Waals surface area (Å²) < 4.78 is 9.98. The summed E-state index contributed by atoms with van der Waals surface area (Å²) in [6.07, 6.45) is 4.61. The van der Waals surface area contributed by atoms with Crippen molar-refractivity contribution in [3.05, 3.63) is 22.7 Å². The Morgan fingerprint density at radius 1 is 1.15 bits per heavy atom. The summed E-state index contributed by atoms with van der Waals surface area (Å²) in [5.74, 6) is -0.244. The van der Waals surface area contributed by atoms with Crippen molar-refractivity contribution in [2.45, 2.75) is 31.7 Å². The Hall–Kier alpha value is -1.99. The van der Waals surface area contributed by atoms with Crippen molar-refractivity contribution in [3.8, 4) is 5.75 Å². The summed E-state index contributed by atoms with van der Waals surface area (Å²) in [5.41, 5.74) is 0.629. The predicted molar refractivity (Wildman–Crippen MR) is 104 cm³/mol. The molecule has 0 spiro atoms. The molecule has 2 amide bonds. The van der Waals surface area contributed by atoms with Gasteiger partial charge in [0.1, 0.15) is 11.3 Å². The van der Waals surface area contributed by atoms with E-state index in [1.165, 1.54) is 33.1 Å². The summed E-state index contributed by atoms with van der Waals surface area (Å²) in [5, 5.41) is 3.12. The highest BCUT2D eigenvalue weighted by Gasteiger charge is 2.29. The third-order valence-corrected chi connectivity index (χ3v) is 5.59. The Bertz CT molecular complexity index is 706. The Morgan fingerprint density at radius 3 is 2.56 bits per heavy atom. The molecule has 7 nitrogen and oxygen atoms in total. The molecule has 0 aliphatic carbocycles. The number of urea groups is 1. The van der Waals surface area contributed by atoms with Crippen LogP contribution in [0, 0.1) is 0 Å². The van der Waals surface area contributed by atoms with E-state index in [4.69, 9.17) is 21.1 Å². The van der Waals surface area contributed by atoms with Gasteiger partial charge >= 0.3 is 12.0 Å². The number of esters is 1. The van der Waals surface area contributed by atoms with Gasteiger partial charge in [-0.3, -0.25) is 4.90 Å². The van der Waals surface area contributed by atoms with Crippen LogP contribution in [0.4, 0.5) is 10.5 Å². The minimum atomic E-state index is -0.545. The van der Waals surface area contributed by atoms with Crippen LogP contribution in [0.3, 0.4) is 0 Å². The topological polar surface area (TPSA) is 71.1 Å². The smallest absolute Gasteiger partial charge is 0.341 e. The number of hydrogen-bond acceptors (Lipinski definition) is 5. The Labute approximate surface area is 164 Å². The van der Waals surface area contributed by atoms with E-state index in [9.17, 15) is 9.59 Å². The van der Waals surface area contributed by atoms with E-state index in [1.807, 2.05) is 4.90 Å². The molecular formula is C19H26ClN3O4. The largest absolute Gasteiger partial charge is 0.496 e. The quantitative estimate of drug-likeness (QED) is 0.792. The second kappa shape index (κ2) is 8.80. The molecule has 1 N–H and O–H groups in total. The van der Waals surface area contributed by atoms with Gasteiger partial charge in [0.25, 0.3) is 0 Å². The van der Waals surface area contributed by atoms with Gasteiger partial charge in [0.05, 0.1) is 24.9 Å². The van der Waals surface area contributed by atoms with Crippen LogP contribution in [0.15, 0.2) is 12.1 Å². The van der Waals surface area contributed by atoms with E-state index < -0.39 is 5.97 Å². The average Bonchev–Trinajstić information content (AvgIpc) is 3.23. The van der Waals surface area contributed by atoms with Crippen molar-refractivity contribution < 1.29 is 19.1 Å². The van der Waals surface area contributed by atoms with Crippen molar-refractivity contribution in [2.75, 3.05) is 45.7 Å². The summed E-state index contributed by atoms with van der Waals surface area (Å²) in [7, 11) is 2.74. The van der Waals surface area contributed by atoms with Gasteiger partial charge in [0.2, 0.25) is 0 Å². The molecule has 2 heterocycles. The molecule has 0 aromatic heterocycles. The number of nitrogens with zero attached hydrogens (tertiary/aromatic N) is 2. The van der Waals surface area contributed by atoms with Gasteiger partial charge in [0.15, 0.2) is 0 Å². The normalized spacial score (nSPS) is 20.4. The van der Waals surface area contributed by atoms with Gasteiger partial charge in [-0.2, -0.15) is 0 Å². The number of ether oxygens (including phenoxy) is 2. The van der Waals surface area contributed by atoms with Crippen molar-refractivity contribution >= 4 is 29.3 Å². The number of anilines is 1. The third kappa shape index (κ3) is 4.47. The van der Waals surface area contributed by atoms with Crippen LogP contribution < -0.4 is 10.1 Å². The molecule has 0 bridgehead atoms. The molecule has 27 heavy (non-hydrogen) atoms. The van der Waals surface area contributed by atoms with Crippen LogP contribution in [-0.4, -0.2) is 68.2 Å². The molecule has 0 saturated carbocycles. The van der Waals surface area contributed by atoms with Crippen molar-refractivity contribution in [1.82, 2.24) is 9.80 Å². The number of hydrogen-bond donors (Lipinski definition) is 1. The van der Waals surface area contributed by atoms with Crippen LogP contribution in [0.5, 0.6) is 5.75 Å². The van der Waals surface area contributed by atoms with Gasteiger partial charge in [-0.05, 0) is 44.8 Å². The first-order chi connectivity index (χ1) is 13.0. The monoisotopic (exact) mass is 395 g/mol. The van der Waals surface area contributed by atoms with Crippen molar-refractivity contribution in [3.63, 3.8) is 0 Å². The SMILES string of the molecule is COC(=O)c1cc(Cl)c(NC(=O)N2CCC[C@@H](N3CCCC3)C2)cc1OC. The Morgan fingerprint density at radius 2 is 1.89 bits per heavy atom. The van der Waals surface area contributed by atoms with E-state index in [-0.39, 0.29) is 16.6 Å². The maximum atomic E-state index is 12.8. The summed E-state index contributed by atoms with van der Waals surface area (Å²) in [6, 6.07) is 3.24. The fourth-order valence-corrected chi connectivity index (χ4v) is 4.04. The number of likely N-dealkylation sites (tertiary alicyclic amines) is 2. The standard InChI is InChI=1S/C19H26ClN3O4/c1-26-17-11-16(15(20)10-14(17)18(24)27-2)21-19(25)23-9-5-6-13(12-23)22-7-3-4-8-22/h10-11,13H,3-9,12H2,1-2H3,(H,21,25)/t13-/m1/s1. The highest BCUT2D eigenvalue weighted by Crippen LogP contribution is 2.32. The summed E-state index contributed by atoms with van der Waals surface area (Å²) in [4.78, 5) is 28.9. The number of methoxy groups -OCH3 is 2. The molecule has 148 valence electrons. The van der Waals surface area contributed by atoms with Gasteiger partial charge in [-0.15, -0.1) is 0 Å². The van der Waals surface area contributed by atoms with Crippen LogP contribution in [0.25, 0.3) is 0 Å². The van der Waals surface area contributed by atoms with Crippen LogP contribution >= 0.6 is 11.6 Å². The number of amides is 2. The van der Waals surface area contributed by atoms with Gasteiger partial charge in [-0.1, -0.05) is 11.6 Å². The highest BCUT2D eigenvalue weighted by atomic mass is 35.5.